The van der Waals surface area contributed by atoms with Crippen molar-refractivity contribution in [3.05, 3.63) is 47.1 Å². The van der Waals surface area contributed by atoms with E-state index in [0.717, 1.165) is 17.1 Å². The zero-order chi connectivity index (χ0) is 13.7. The SMILES string of the molecule is COC(=O)c1ccc(CNCc2cc(C)no2)nc1. The van der Waals surface area contributed by atoms with Gasteiger partial charge < -0.3 is 14.6 Å². The van der Waals surface area contributed by atoms with Crippen LogP contribution in [0, 0.1) is 6.92 Å². The average molecular weight is 261 g/mol. The highest BCUT2D eigenvalue weighted by molar-refractivity contribution is 5.88. The van der Waals surface area contributed by atoms with Crippen LogP contribution in [0.15, 0.2) is 28.9 Å². The lowest BCUT2D eigenvalue weighted by molar-refractivity contribution is 0.0600. The largest absolute Gasteiger partial charge is 0.465 e. The zero-order valence-electron chi connectivity index (χ0n) is 10.8. The van der Waals surface area contributed by atoms with Crippen LogP contribution in [0.3, 0.4) is 0 Å². The number of pyridine rings is 1. The first kappa shape index (κ1) is 13.2. The highest BCUT2D eigenvalue weighted by Crippen LogP contribution is 2.04. The Hall–Kier alpha value is -2.21. The van der Waals surface area contributed by atoms with Crippen LogP contribution in [0.4, 0.5) is 0 Å². The second-order valence-electron chi connectivity index (χ2n) is 4.07. The minimum atomic E-state index is -0.385. The fourth-order valence-electron chi connectivity index (χ4n) is 1.58. The third-order valence-corrected chi connectivity index (χ3v) is 2.53. The molecule has 0 saturated carbocycles. The number of aromatic nitrogens is 2. The normalized spacial score (nSPS) is 10.4. The number of carbonyl (C=O) groups excluding carboxylic acids is 1. The Bertz CT molecular complexity index is 549. The summed E-state index contributed by atoms with van der Waals surface area (Å²) in [6.45, 7) is 3.04. The number of nitrogens with one attached hydrogen (secondary N) is 1. The summed E-state index contributed by atoms with van der Waals surface area (Å²) in [5, 5.41) is 6.98. The third kappa shape index (κ3) is 3.62. The van der Waals surface area contributed by atoms with Gasteiger partial charge in [-0.3, -0.25) is 4.98 Å². The van der Waals surface area contributed by atoms with Gasteiger partial charge in [0.1, 0.15) is 0 Å². The topological polar surface area (TPSA) is 77.2 Å². The van der Waals surface area contributed by atoms with Gasteiger partial charge >= 0.3 is 5.97 Å². The van der Waals surface area contributed by atoms with Crippen LogP contribution in [-0.4, -0.2) is 23.2 Å². The van der Waals surface area contributed by atoms with Crippen LogP contribution < -0.4 is 5.32 Å². The molecule has 0 unspecified atom stereocenters. The fraction of sp³-hybridized carbons (Fsp3) is 0.308. The van der Waals surface area contributed by atoms with Gasteiger partial charge in [0.15, 0.2) is 5.76 Å². The van der Waals surface area contributed by atoms with E-state index in [2.05, 4.69) is 20.2 Å². The molecule has 0 aromatic carbocycles. The van der Waals surface area contributed by atoms with E-state index in [-0.39, 0.29) is 5.97 Å². The van der Waals surface area contributed by atoms with Gasteiger partial charge in [-0.1, -0.05) is 5.16 Å². The van der Waals surface area contributed by atoms with E-state index >= 15 is 0 Å². The van der Waals surface area contributed by atoms with Gasteiger partial charge in [0, 0.05) is 18.8 Å². The van der Waals surface area contributed by atoms with Gasteiger partial charge in [0.05, 0.1) is 30.6 Å². The van der Waals surface area contributed by atoms with E-state index < -0.39 is 0 Å². The number of methoxy groups -OCH3 is 1. The minimum Gasteiger partial charge on any atom is -0.465 e. The van der Waals surface area contributed by atoms with Crippen LogP contribution in [-0.2, 0) is 17.8 Å². The van der Waals surface area contributed by atoms with E-state index in [4.69, 9.17) is 4.52 Å². The summed E-state index contributed by atoms with van der Waals surface area (Å²) >= 11 is 0. The van der Waals surface area contributed by atoms with Crippen molar-refractivity contribution in [2.24, 2.45) is 0 Å². The number of hydrogen-bond donors (Lipinski definition) is 1. The lowest BCUT2D eigenvalue weighted by atomic mass is 10.2. The maximum atomic E-state index is 11.2. The average Bonchev–Trinajstić information content (AvgIpc) is 2.84. The van der Waals surface area contributed by atoms with Gasteiger partial charge in [0.2, 0.25) is 0 Å². The highest BCUT2D eigenvalue weighted by atomic mass is 16.5. The van der Waals surface area contributed by atoms with Crippen LogP contribution in [0.25, 0.3) is 0 Å². The molecule has 2 rings (SSSR count). The third-order valence-electron chi connectivity index (χ3n) is 2.53. The van der Waals surface area contributed by atoms with E-state index in [1.165, 1.54) is 13.3 Å². The molecule has 0 bridgehead atoms. The van der Waals surface area contributed by atoms with Gasteiger partial charge in [-0.05, 0) is 19.1 Å². The molecular weight excluding hydrogens is 246 g/mol. The first-order valence-corrected chi connectivity index (χ1v) is 5.85. The Balaban J connectivity index is 1.84. The molecule has 6 nitrogen and oxygen atoms in total. The quantitative estimate of drug-likeness (QED) is 0.821. The summed E-state index contributed by atoms with van der Waals surface area (Å²) < 4.78 is 9.68. The molecule has 0 fully saturated rings. The molecule has 19 heavy (non-hydrogen) atoms. The Kier molecular flexibility index (Phi) is 4.25. The second-order valence-corrected chi connectivity index (χ2v) is 4.07. The number of esters is 1. The predicted octanol–water partition coefficient (Wildman–Crippen LogP) is 1.45. The van der Waals surface area contributed by atoms with Crippen molar-refractivity contribution in [1.82, 2.24) is 15.5 Å². The summed E-state index contributed by atoms with van der Waals surface area (Å²) in [6.07, 6.45) is 1.50. The van der Waals surface area contributed by atoms with Crippen LogP contribution in [0.2, 0.25) is 0 Å². The van der Waals surface area contributed by atoms with Crippen LogP contribution >= 0.6 is 0 Å². The van der Waals surface area contributed by atoms with Crippen molar-refractivity contribution in [3.8, 4) is 0 Å². The molecule has 0 spiro atoms. The van der Waals surface area contributed by atoms with Gasteiger partial charge in [-0.25, -0.2) is 4.79 Å². The number of carbonyl (C=O) groups is 1. The van der Waals surface area contributed by atoms with Crippen molar-refractivity contribution in [2.45, 2.75) is 20.0 Å². The summed E-state index contributed by atoms with van der Waals surface area (Å²) in [4.78, 5) is 15.4. The maximum Gasteiger partial charge on any atom is 0.339 e. The van der Waals surface area contributed by atoms with E-state index in [1.54, 1.807) is 12.1 Å². The number of hydrogen-bond acceptors (Lipinski definition) is 6. The summed E-state index contributed by atoms with van der Waals surface area (Å²) in [5.41, 5.74) is 2.14. The first-order valence-electron chi connectivity index (χ1n) is 5.85. The zero-order valence-corrected chi connectivity index (χ0v) is 10.8. The van der Waals surface area contributed by atoms with Crippen molar-refractivity contribution in [1.29, 1.82) is 0 Å². The monoisotopic (exact) mass is 261 g/mol. The first-order chi connectivity index (χ1) is 9.19. The molecular formula is C13H15N3O3. The molecule has 0 radical (unpaired) electrons. The number of rotatable bonds is 5. The molecule has 1 N–H and O–H groups in total. The fourth-order valence-corrected chi connectivity index (χ4v) is 1.58. The standard InChI is InChI=1S/C13H15N3O3/c1-9-5-12(19-16-9)8-14-7-11-4-3-10(6-15-11)13(17)18-2/h3-6,14H,7-8H2,1-2H3. The summed E-state index contributed by atoms with van der Waals surface area (Å²) in [7, 11) is 1.34. The lowest BCUT2D eigenvalue weighted by Crippen LogP contribution is -2.13. The molecule has 0 aliphatic carbocycles. The lowest BCUT2D eigenvalue weighted by Gasteiger charge is -2.03. The van der Waals surface area contributed by atoms with Gasteiger partial charge in [-0.15, -0.1) is 0 Å². The highest BCUT2D eigenvalue weighted by Gasteiger charge is 2.05. The molecule has 2 aromatic rings. The van der Waals surface area contributed by atoms with E-state index in [1.807, 2.05) is 13.0 Å². The summed E-state index contributed by atoms with van der Waals surface area (Å²) in [5.74, 6) is 0.396. The van der Waals surface area contributed by atoms with Crippen molar-refractivity contribution < 1.29 is 14.1 Å². The molecule has 2 aromatic heterocycles. The number of ether oxygens (including phenoxy) is 1. The predicted molar refractivity (Wildman–Crippen MR) is 67.4 cm³/mol. The van der Waals surface area contributed by atoms with Crippen LogP contribution in [0.5, 0.6) is 0 Å². The number of nitrogens with zero attached hydrogens (tertiary/aromatic N) is 2. The maximum absolute atomic E-state index is 11.2. The molecule has 100 valence electrons. The van der Waals surface area contributed by atoms with Crippen molar-refractivity contribution in [3.63, 3.8) is 0 Å². The summed E-state index contributed by atoms with van der Waals surface area (Å²) in [6, 6.07) is 5.35. The Morgan fingerprint density at radius 3 is 2.84 bits per heavy atom. The minimum absolute atomic E-state index is 0.385. The molecule has 0 atom stereocenters. The molecule has 2 heterocycles. The molecule has 0 aliphatic heterocycles. The Morgan fingerprint density at radius 1 is 1.42 bits per heavy atom. The van der Waals surface area contributed by atoms with Gasteiger partial charge in [0.25, 0.3) is 0 Å². The van der Waals surface area contributed by atoms with Gasteiger partial charge in [-0.2, -0.15) is 0 Å². The second kappa shape index (κ2) is 6.10. The van der Waals surface area contributed by atoms with Crippen LogP contribution in [0.1, 0.15) is 27.5 Å². The number of aryl methyl sites for hydroxylation is 1. The molecule has 0 amide bonds. The van der Waals surface area contributed by atoms with E-state index in [9.17, 15) is 4.79 Å². The van der Waals surface area contributed by atoms with E-state index in [0.29, 0.717) is 18.7 Å². The molecule has 0 aliphatic rings. The smallest absolute Gasteiger partial charge is 0.339 e. The van der Waals surface area contributed by atoms with Crippen molar-refractivity contribution >= 4 is 5.97 Å². The molecule has 6 heteroatoms. The Labute approximate surface area is 110 Å². The van der Waals surface area contributed by atoms with Crippen molar-refractivity contribution in [2.75, 3.05) is 7.11 Å². The molecule has 0 saturated heterocycles. The Morgan fingerprint density at radius 2 is 2.26 bits per heavy atom.